The number of unbranched alkanes of at least 4 members (excludes halogenated alkanes) is 4. The molecule has 0 amide bonds. The van der Waals surface area contributed by atoms with Gasteiger partial charge in [0.1, 0.15) is 23.9 Å². The van der Waals surface area contributed by atoms with Gasteiger partial charge in [-0.25, -0.2) is 0 Å². The van der Waals surface area contributed by atoms with Crippen molar-refractivity contribution in [3.05, 3.63) is 167 Å². The molecule has 2 aromatic heterocycles. The first kappa shape index (κ1) is 59.1. The molecule has 1 saturated heterocycles. The summed E-state index contributed by atoms with van der Waals surface area (Å²) in [6.45, 7) is 22.1. The van der Waals surface area contributed by atoms with Gasteiger partial charge in [-0.05, 0) is 166 Å². The number of anilines is 2. The Kier molecular flexibility index (Phi) is 20.0. The molecule has 0 bridgehead atoms. The summed E-state index contributed by atoms with van der Waals surface area (Å²) in [6.07, 6.45) is 18.4. The number of benzene rings is 6. The van der Waals surface area contributed by atoms with Crippen molar-refractivity contribution >= 4 is 91.1 Å². The summed E-state index contributed by atoms with van der Waals surface area (Å²) < 4.78 is 33.3. The molecule has 3 heterocycles. The van der Waals surface area contributed by atoms with Gasteiger partial charge >= 0.3 is 7.12 Å². The lowest BCUT2D eigenvalue weighted by Gasteiger charge is -2.32. The molecule has 7 nitrogen and oxygen atoms in total. The molecular weight excluding hydrogens is 1040 g/mol. The molecular formula is C71H83BN2O5S2+2. The maximum absolute atomic E-state index is 6.82. The average molecular weight is 1120 g/mol. The largest absolute Gasteiger partial charge is 0.497 e. The van der Waals surface area contributed by atoms with Gasteiger partial charge in [0.05, 0.1) is 25.4 Å². The van der Waals surface area contributed by atoms with Crippen LogP contribution in [0.1, 0.15) is 135 Å². The molecule has 0 saturated carbocycles. The number of rotatable bonds is 26. The summed E-state index contributed by atoms with van der Waals surface area (Å²) in [5.74, 6) is 2.50. The average Bonchev–Trinajstić information content (AvgIpc) is 4.05. The topological polar surface area (TPSA) is 52.6 Å². The Morgan fingerprint density at radius 1 is 0.481 bits per heavy atom. The highest BCUT2D eigenvalue weighted by molar-refractivity contribution is 7.22. The van der Waals surface area contributed by atoms with E-state index < -0.39 is 18.3 Å². The van der Waals surface area contributed by atoms with Gasteiger partial charge < -0.3 is 33.3 Å². The SMILES string of the molecule is CCCCN(CCCC)c1ccc2c(/C=C/c3ccc(OCc4ccc(B5OC(C)(C)C(C)(C)O5)cc4)c(/C=C/c4cc(-c5ccc(OC)cc5)[s+]c5cc(N(CCCC)CCCC)ccc45)c3)cc(-c3ccc(OC)cc3)[s+]c2c1. The van der Waals surface area contributed by atoms with Crippen molar-refractivity contribution in [2.45, 2.75) is 125 Å². The zero-order valence-electron chi connectivity index (χ0n) is 49.6. The van der Waals surface area contributed by atoms with Crippen molar-refractivity contribution in [3.8, 4) is 38.1 Å². The first-order valence-electron chi connectivity index (χ1n) is 29.5. The van der Waals surface area contributed by atoms with Crippen LogP contribution in [-0.4, -0.2) is 58.7 Å². The van der Waals surface area contributed by atoms with E-state index in [9.17, 15) is 0 Å². The molecule has 0 N–H and O–H groups in total. The first-order valence-corrected chi connectivity index (χ1v) is 31.1. The molecule has 420 valence electrons. The number of ether oxygens (including phenoxy) is 3. The monoisotopic (exact) mass is 1120 g/mol. The second-order valence-electron chi connectivity index (χ2n) is 22.4. The van der Waals surface area contributed by atoms with Crippen molar-refractivity contribution < 1.29 is 23.5 Å². The van der Waals surface area contributed by atoms with Crippen LogP contribution in [0.25, 0.3) is 65.4 Å². The van der Waals surface area contributed by atoms with Crippen LogP contribution in [-0.2, 0) is 15.9 Å². The van der Waals surface area contributed by atoms with Gasteiger partial charge in [0.25, 0.3) is 0 Å². The molecule has 0 radical (unpaired) electrons. The molecule has 1 aliphatic heterocycles. The second-order valence-corrected chi connectivity index (χ2v) is 24.6. The maximum Gasteiger partial charge on any atom is 0.494 e. The summed E-state index contributed by atoms with van der Waals surface area (Å²) in [6, 6.07) is 50.7. The molecule has 10 heteroatoms. The molecule has 6 aromatic carbocycles. The predicted molar refractivity (Wildman–Crippen MR) is 351 cm³/mol. The number of methoxy groups -OCH3 is 2. The molecule has 81 heavy (non-hydrogen) atoms. The minimum atomic E-state index is -0.424. The third kappa shape index (κ3) is 14.6. The van der Waals surface area contributed by atoms with Crippen LogP contribution in [0.4, 0.5) is 11.4 Å². The van der Waals surface area contributed by atoms with Crippen LogP contribution < -0.4 is 29.5 Å². The number of hydrogen-bond acceptors (Lipinski definition) is 7. The van der Waals surface area contributed by atoms with Gasteiger partial charge in [-0.2, -0.15) is 0 Å². The van der Waals surface area contributed by atoms with E-state index in [2.05, 4.69) is 229 Å². The summed E-state index contributed by atoms with van der Waals surface area (Å²) in [7, 11) is 3.02. The molecule has 0 spiro atoms. The van der Waals surface area contributed by atoms with E-state index in [4.69, 9.17) is 23.5 Å². The predicted octanol–water partition coefficient (Wildman–Crippen LogP) is 19.1. The van der Waals surface area contributed by atoms with Gasteiger partial charge in [0, 0.05) is 89.3 Å². The first-order chi connectivity index (χ1) is 39.3. The Bertz CT molecular complexity index is 3400. The van der Waals surface area contributed by atoms with E-state index in [1.54, 1.807) is 14.2 Å². The lowest BCUT2D eigenvalue weighted by Crippen LogP contribution is -2.41. The van der Waals surface area contributed by atoms with E-state index >= 15 is 0 Å². The lowest BCUT2D eigenvalue weighted by atomic mass is 9.79. The van der Waals surface area contributed by atoms with Crippen LogP contribution in [0.15, 0.2) is 140 Å². The van der Waals surface area contributed by atoms with Gasteiger partial charge in [-0.1, -0.05) is 108 Å². The van der Waals surface area contributed by atoms with Crippen molar-refractivity contribution in [1.29, 1.82) is 0 Å². The zero-order valence-corrected chi connectivity index (χ0v) is 51.2. The number of fused-ring (bicyclic) bond motifs is 2. The molecule has 1 aliphatic rings. The molecule has 0 aliphatic carbocycles. The summed E-state index contributed by atoms with van der Waals surface area (Å²) in [5, 5.41) is 2.45. The normalized spacial score (nSPS) is 13.9. The highest BCUT2D eigenvalue weighted by Crippen LogP contribution is 2.40. The van der Waals surface area contributed by atoms with Gasteiger partial charge in [0.2, 0.25) is 41.8 Å². The standard InChI is InChI=1S/C71H83BN2O5S2/c1-11-15-41-73(42-16-12-2)59-32-38-63-55(46-66(80-68(63)48-59)53-26-34-61(75-9)35-27-53)23-19-51-22-40-65(77-50-52-20-30-58(31-21-52)72-78-70(5,6)71(7,8)79-72)57(45-51)25-24-56-47-67(54-28-36-62(76-10)37-29-54)81-69-49-60(33-39-64(56)69)74(43-17-13-3)44-18-14-4/h19-40,45-49H,11-18,41-44,50H2,1-10H3/q+2/b23-19+,25-24+. The van der Waals surface area contributed by atoms with E-state index in [0.29, 0.717) is 6.61 Å². The summed E-state index contributed by atoms with van der Waals surface area (Å²) >= 11 is 3.70. The Labute approximate surface area is 492 Å². The number of nitrogens with zero attached hydrogens (tertiary/aromatic N) is 2. The lowest BCUT2D eigenvalue weighted by molar-refractivity contribution is 0.00578. The van der Waals surface area contributed by atoms with Crippen LogP contribution >= 0.6 is 22.7 Å². The minimum Gasteiger partial charge on any atom is -0.497 e. The zero-order chi connectivity index (χ0) is 56.9. The highest BCUT2D eigenvalue weighted by Gasteiger charge is 2.51. The molecule has 9 rings (SSSR count). The second kappa shape index (κ2) is 27.5. The fraction of sp³-hybridized carbons (Fsp3) is 0.352. The summed E-state index contributed by atoms with van der Waals surface area (Å²) in [5.41, 5.74) is 10.5. The minimum absolute atomic E-state index is 0.397. The molecule has 1 fully saturated rings. The van der Waals surface area contributed by atoms with Crippen molar-refractivity contribution in [1.82, 2.24) is 0 Å². The van der Waals surface area contributed by atoms with Crippen LogP contribution in [0.2, 0.25) is 0 Å². The van der Waals surface area contributed by atoms with Gasteiger partial charge in [0.15, 0.2) is 0 Å². The quantitative estimate of drug-likeness (QED) is 0.0396. The third-order valence-corrected chi connectivity index (χ3v) is 18.3. The molecule has 0 atom stereocenters. The van der Waals surface area contributed by atoms with Crippen LogP contribution in [0, 0.1) is 0 Å². The van der Waals surface area contributed by atoms with Crippen molar-refractivity contribution in [2.24, 2.45) is 0 Å². The van der Waals surface area contributed by atoms with E-state index in [-0.39, 0.29) is 0 Å². The van der Waals surface area contributed by atoms with Crippen LogP contribution in [0.3, 0.4) is 0 Å². The van der Waals surface area contributed by atoms with Gasteiger partial charge in [-0.15, -0.1) is 0 Å². The smallest absolute Gasteiger partial charge is 0.494 e. The highest BCUT2D eigenvalue weighted by atomic mass is 32.1. The maximum atomic E-state index is 6.82. The Balaban J connectivity index is 1.11. The fourth-order valence-electron chi connectivity index (χ4n) is 10.2. The van der Waals surface area contributed by atoms with E-state index in [1.165, 1.54) is 104 Å². The molecule has 0 unspecified atom stereocenters. The molecule has 8 aromatic rings. The Hall–Kier alpha value is -6.56. The van der Waals surface area contributed by atoms with Gasteiger partial charge in [-0.3, -0.25) is 0 Å². The third-order valence-electron chi connectivity index (χ3n) is 16.0. The summed E-state index contributed by atoms with van der Waals surface area (Å²) in [4.78, 5) is 7.56. The fourth-order valence-corrected chi connectivity index (χ4v) is 12.5. The van der Waals surface area contributed by atoms with E-state index in [0.717, 1.165) is 76.7 Å². The van der Waals surface area contributed by atoms with E-state index in [1.807, 2.05) is 22.7 Å². The Morgan fingerprint density at radius 2 is 0.926 bits per heavy atom. The van der Waals surface area contributed by atoms with Crippen molar-refractivity contribution in [3.63, 3.8) is 0 Å². The number of hydrogen-bond donors (Lipinski definition) is 0. The Morgan fingerprint density at radius 3 is 1.37 bits per heavy atom. The van der Waals surface area contributed by atoms with Crippen molar-refractivity contribution in [2.75, 3.05) is 50.2 Å². The van der Waals surface area contributed by atoms with Crippen LogP contribution in [0.5, 0.6) is 17.2 Å².